The fourth-order valence-corrected chi connectivity index (χ4v) is 1.71. The van der Waals surface area contributed by atoms with Crippen molar-refractivity contribution in [1.82, 2.24) is 9.97 Å². The lowest BCUT2D eigenvalue weighted by Crippen LogP contribution is -2.07. The molecule has 0 saturated heterocycles. The monoisotopic (exact) mass is 251 g/mol. The molecule has 0 aliphatic carbocycles. The van der Waals surface area contributed by atoms with Crippen LogP contribution >= 0.6 is 0 Å². The Balaban J connectivity index is 2.50. The standard InChI is InChI=1S/C14H25N3O/c1-4-7-8-9-10-15-13-11-14(18-6-3)17-12(5-2)16-13/h11H,4-10H2,1-3H3,(H,15,16,17). The number of hydrogen-bond donors (Lipinski definition) is 1. The molecular weight excluding hydrogens is 226 g/mol. The van der Waals surface area contributed by atoms with Crippen LogP contribution < -0.4 is 10.1 Å². The molecule has 0 spiro atoms. The lowest BCUT2D eigenvalue weighted by molar-refractivity contribution is 0.325. The molecule has 4 heteroatoms. The van der Waals surface area contributed by atoms with Crippen molar-refractivity contribution >= 4 is 5.82 Å². The minimum absolute atomic E-state index is 0.635. The maximum atomic E-state index is 5.44. The van der Waals surface area contributed by atoms with E-state index in [1.165, 1.54) is 25.7 Å². The van der Waals surface area contributed by atoms with Gasteiger partial charge < -0.3 is 10.1 Å². The van der Waals surface area contributed by atoms with Gasteiger partial charge in [-0.15, -0.1) is 0 Å². The Hall–Kier alpha value is -1.32. The van der Waals surface area contributed by atoms with Gasteiger partial charge in [-0.05, 0) is 13.3 Å². The zero-order valence-electron chi connectivity index (χ0n) is 11.8. The lowest BCUT2D eigenvalue weighted by Gasteiger charge is -2.09. The van der Waals surface area contributed by atoms with Crippen LogP contribution in [0, 0.1) is 0 Å². The van der Waals surface area contributed by atoms with E-state index in [9.17, 15) is 0 Å². The van der Waals surface area contributed by atoms with Gasteiger partial charge in [0, 0.05) is 19.0 Å². The molecule has 0 amide bonds. The summed E-state index contributed by atoms with van der Waals surface area (Å²) < 4.78 is 5.44. The number of rotatable bonds is 9. The minimum Gasteiger partial charge on any atom is -0.478 e. The molecule has 0 fully saturated rings. The molecule has 1 heterocycles. The minimum atomic E-state index is 0.635. The fourth-order valence-electron chi connectivity index (χ4n) is 1.71. The van der Waals surface area contributed by atoms with Gasteiger partial charge in [0.15, 0.2) is 0 Å². The molecule has 0 atom stereocenters. The van der Waals surface area contributed by atoms with Gasteiger partial charge in [0.1, 0.15) is 11.6 Å². The van der Waals surface area contributed by atoms with Crippen LogP contribution in [0.4, 0.5) is 5.82 Å². The Bertz CT molecular complexity index is 342. The molecule has 4 nitrogen and oxygen atoms in total. The van der Waals surface area contributed by atoms with E-state index in [0.29, 0.717) is 12.5 Å². The largest absolute Gasteiger partial charge is 0.478 e. The van der Waals surface area contributed by atoms with E-state index >= 15 is 0 Å². The van der Waals surface area contributed by atoms with Crippen LogP contribution in [0.2, 0.25) is 0 Å². The summed E-state index contributed by atoms with van der Waals surface area (Å²) in [6, 6.07) is 1.88. The molecular formula is C14H25N3O. The van der Waals surface area contributed by atoms with Gasteiger partial charge in [-0.1, -0.05) is 33.1 Å². The highest BCUT2D eigenvalue weighted by Gasteiger charge is 2.03. The molecule has 18 heavy (non-hydrogen) atoms. The van der Waals surface area contributed by atoms with Gasteiger partial charge in [-0.25, -0.2) is 4.98 Å². The number of nitrogens with one attached hydrogen (secondary N) is 1. The van der Waals surface area contributed by atoms with Crippen LogP contribution in [0.5, 0.6) is 5.88 Å². The molecule has 0 bridgehead atoms. The van der Waals surface area contributed by atoms with E-state index in [4.69, 9.17) is 4.74 Å². The van der Waals surface area contributed by atoms with Crippen molar-refractivity contribution in [1.29, 1.82) is 0 Å². The SMILES string of the molecule is CCCCCCNc1cc(OCC)nc(CC)n1. The van der Waals surface area contributed by atoms with Crippen molar-refractivity contribution in [3.8, 4) is 5.88 Å². The van der Waals surface area contributed by atoms with Crippen LogP contribution in [0.15, 0.2) is 6.07 Å². The van der Waals surface area contributed by atoms with Crippen molar-refractivity contribution in [2.45, 2.75) is 52.9 Å². The van der Waals surface area contributed by atoms with Crippen molar-refractivity contribution in [3.05, 3.63) is 11.9 Å². The van der Waals surface area contributed by atoms with Gasteiger partial charge in [-0.2, -0.15) is 4.98 Å². The smallest absolute Gasteiger partial charge is 0.218 e. The average Bonchev–Trinajstić information content (AvgIpc) is 2.38. The second-order valence-electron chi connectivity index (χ2n) is 4.28. The number of nitrogens with zero attached hydrogens (tertiary/aromatic N) is 2. The first-order chi connectivity index (χ1) is 8.80. The Morgan fingerprint density at radius 3 is 2.61 bits per heavy atom. The van der Waals surface area contributed by atoms with E-state index in [2.05, 4.69) is 29.1 Å². The first kappa shape index (κ1) is 14.7. The van der Waals surface area contributed by atoms with Crippen LogP contribution in [0.1, 0.15) is 52.3 Å². The number of unbranched alkanes of at least 4 members (excludes halogenated alkanes) is 3. The molecule has 1 rings (SSSR count). The van der Waals surface area contributed by atoms with Gasteiger partial charge in [0.05, 0.1) is 6.61 Å². The van der Waals surface area contributed by atoms with Crippen LogP contribution in [0.25, 0.3) is 0 Å². The summed E-state index contributed by atoms with van der Waals surface area (Å²) in [6.45, 7) is 7.84. The summed E-state index contributed by atoms with van der Waals surface area (Å²) in [7, 11) is 0. The predicted molar refractivity (Wildman–Crippen MR) is 75.2 cm³/mol. The summed E-state index contributed by atoms with van der Waals surface area (Å²) in [5, 5.41) is 3.35. The highest BCUT2D eigenvalue weighted by Crippen LogP contribution is 2.14. The van der Waals surface area contributed by atoms with Crippen molar-refractivity contribution in [3.63, 3.8) is 0 Å². The molecule has 0 radical (unpaired) electrons. The zero-order valence-corrected chi connectivity index (χ0v) is 11.8. The second-order valence-corrected chi connectivity index (χ2v) is 4.28. The highest BCUT2D eigenvalue weighted by atomic mass is 16.5. The quantitative estimate of drug-likeness (QED) is 0.683. The van der Waals surface area contributed by atoms with Crippen molar-refractivity contribution < 1.29 is 4.74 Å². The predicted octanol–water partition coefficient (Wildman–Crippen LogP) is 3.43. The summed E-state index contributed by atoms with van der Waals surface area (Å²) in [6.07, 6.45) is 5.85. The van der Waals surface area contributed by atoms with Gasteiger partial charge in [0.2, 0.25) is 5.88 Å². The Kier molecular flexibility index (Phi) is 7.14. The van der Waals surface area contributed by atoms with E-state index in [1.807, 2.05) is 13.0 Å². The summed E-state index contributed by atoms with van der Waals surface area (Å²) in [4.78, 5) is 8.78. The number of aryl methyl sites for hydroxylation is 1. The zero-order chi connectivity index (χ0) is 13.2. The average molecular weight is 251 g/mol. The molecule has 1 N–H and O–H groups in total. The molecule has 0 unspecified atom stereocenters. The highest BCUT2D eigenvalue weighted by molar-refractivity contribution is 5.38. The van der Waals surface area contributed by atoms with E-state index in [-0.39, 0.29) is 0 Å². The maximum Gasteiger partial charge on any atom is 0.218 e. The Morgan fingerprint density at radius 2 is 1.94 bits per heavy atom. The van der Waals surface area contributed by atoms with Crippen LogP contribution in [-0.4, -0.2) is 23.1 Å². The molecule has 0 aromatic carbocycles. The molecule has 0 saturated carbocycles. The summed E-state index contributed by atoms with van der Waals surface area (Å²) in [5.74, 6) is 2.37. The van der Waals surface area contributed by atoms with Gasteiger partial charge >= 0.3 is 0 Å². The van der Waals surface area contributed by atoms with Gasteiger partial charge in [-0.3, -0.25) is 0 Å². The summed E-state index contributed by atoms with van der Waals surface area (Å²) in [5.41, 5.74) is 0. The normalized spacial score (nSPS) is 10.4. The molecule has 102 valence electrons. The van der Waals surface area contributed by atoms with E-state index in [0.717, 1.165) is 24.6 Å². The van der Waals surface area contributed by atoms with Crippen LogP contribution in [0.3, 0.4) is 0 Å². The topological polar surface area (TPSA) is 47.0 Å². The number of anilines is 1. The van der Waals surface area contributed by atoms with Crippen molar-refractivity contribution in [2.75, 3.05) is 18.5 Å². The third-order valence-electron chi connectivity index (χ3n) is 2.69. The lowest BCUT2D eigenvalue weighted by atomic mass is 10.2. The van der Waals surface area contributed by atoms with E-state index in [1.54, 1.807) is 0 Å². The van der Waals surface area contributed by atoms with Crippen LogP contribution in [-0.2, 0) is 6.42 Å². The number of ether oxygens (including phenoxy) is 1. The Labute approximate surface area is 110 Å². The number of hydrogen-bond acceptors (Lipinski definition) is 4. The molecule has 0 aliphatic heterocycles. The Morgan fingerprint density at radius 1 is 1.11 bits per heavy atom. The van der Waals surface area contributed by atoms with E-state index < -0.39 is 0 Å². The summed E-state index contributed by atoms with van der Waals surface area (Å²) >= 11 is 0. The van der Waals surface area contributed by atoms with Gasteiger partial charge in [0.25, 0.3) is 0 Å². The first-order valence-electron chi connectivity index (χ1n) is 7.04. The third-order valence-corrected chi connectivity index (χ3v) is 2.69. The second kappa shape index (κ2) is 8.72. The molecule has 1 aromatic rings. The fraction of sp³-hybridized carbons (Fsp3) is 0.714. The number of aromatic nitrogens is 2. The maximum absolute atomic E-state index is 5.44. The van der Waals surface area contributed by atoms with Crippen molar-refractivity contribution in [2.24, 2.45) is 0 Å². The molecule has 0 aliphatic rings. The third kappa shape index (κ3) is 5.34. The molecule has 1 aromatic heterocycles. The first-order valence-corrected chi connectivity index (χ1v) is 7.04.